The molecule has 6 nitrogen and oxygen atoms in total. The summed E-state index contributed by atoms with van der Waals surface area (Å²) in [6.45, 7) is 0.279. The van der Waals surface area contributed by atoms with Gasteiger partial charge in [-0.2, -0.15) is 0 Å². The van der Waals surface area contributed by atoms with Crippen LogP contribution >= 0.6 is 15.9 Å². The third-order valence-electron chi connectivity index (χ3n) is 2.73. The first-order valence-corrected chi connectivity index (χ1v) is 6.67. The molecule has 0 aliphatic heterocycles. The number of ether oxygens (including phenoxy) is 1. The number of halogens is 2. The van der Waals surface area contributed by atoms with Gasteiger partial charge in [-0.3, -0.25) is 10.1 Å². The molecule has 0 saturated heterocycles. The lowest BCUT2D eigenvalue weighted by Gasteiger charge is -2.09. The predicted octanol–water partition coefficient (Wildman–Crippen LogP) is 3.51. The second-order valence-electron chi connectivity index (χ2n) is 4.10. The number of rotatable bonds is 5. The van der Waals surface area contributed by atoms with Crippen LogP contribution in [0.25, 0.3) is 0 Å². The second-order valence-corrected chi connectivity index (χ2v) is 4.95. The number of nitrogens with one attached hydrogen (secondary N) is 1. The molecule has 0 bridgehead atoms. The highest BCUT2D eigenvalue weighted by molar-refractivity contribution is 9.10. The van der Waals surface area contributed by atoms with Crippen LogP contribution in [-0.4, -0.2) is 17.0 Å². The highest BCUT2D eigenvalue weighted by atomic mass is 79.9. The van der Waals surface area contributed by atoms with E-state index in [2.05, 4.69) is 26.2 Å². The Morgan fingerprint density at radius 3 is 2.90 bits per heavy atom. The molecule has 0 aliphatic rings. The van der Waals surface area contributed by atoms with Crippen molar-refractivity contribution in [2.45, 2.75) is 6.54 Å². The van der Waals surface area contributed by atoms with Crippen molar-refractivity contribution >= 4 is 27.3 Å². The van der Waals surface area contributed by atoms with E-state index in [4.69, 9.17) is 4.74 Å². The summed E-state index contributed by atoms with van der Waals surface area (Å²) in [6, 6.07) is 5.63. The Hall–Kier alpha value is -2.22. The van der Waals surface area contributed by atoms with Crippen LogP contribution in [0.5, 0.6) is 5.88 Å². The van der Waals surface area contributed by atoms with Gasteiger partial charge in [-0.05, 0) is 27.6 Å². The van der Waals surface area contributed by atoms with E-state index in [0.717, 1.165) is 17.7 Å². The normalized spacial score (nSPS) is 10.2. The highest BCUT2D eigenvalue weighted by Gasteiger charge is 2.17. The number of hydrogen-bond acceptors (Lipinski definition) is 5. The van der Waals surface area contributed by atoms with Crippen LogP contribution in [0, 0.1) is 15.9 Å². The number of aromatic nitrogens is 1. The number of benzene rings is 1. The number of methoxy groups -OCH3 is 1. The zero-order chi connectivity index (χ0) is 15.4. The smallest absolute Gasteiger partial charge is 0.293 e. The number of nitro benzene ring substituents is 1. The molecule has 1 aromatic heterocycles. The SMILES string of the molecule is COc1cc(CNc2cc(F)c(Br)cc2[N+](=O)[O-])ccn1. The van der Waals surface area contributed by atoms with E-state index in [0.29, 0.717) is 5.88 Å². The second kappa shape index (κ2) is 6.49. The van der Waals surface area contributed by atoms with E-state index in [1.165, 1.54) is 7.11 Å². The molecule has 21 heavy (non-hydrogen) atoms. The maximum Gasteiger partial charge on any atom is 0.293 e. The van der Waals surface area contributed by atoms with E-state index in [1.54, 1.807) is 18.3 Å². The Labute approximate surface area is 128 Å². The molecule has 1 aromatic carbocycles. The molecule has 0 atom stereocenters. The molecule has 2 rings (SSSR count). The largest absolute Gasteiger partial charge is 0.481 e. The van der Waals surface area contributed by atoms with Crippen LogP contribution < -0.4 is 10.1 Å². The van der Waals surface area contributed by atoms with Crippen molar-refractivity contribution in [3.05, 3.63) is 56.4 Å². The zero-order valence-electron chi connectivity index (χ0n) is 11.0. The Bertz CT molecular complexity index is 682. The van der Waals surface area contributed by atoms with Crippen LogP contribution in [0.4, 0.5) is 15.8 Å². The number of pyridine rings is 1. The minimum atomic E-state index is -0.574. The fraction of sp³-hybridized carbons (Fsp3) is 0.154. The Kier molecular flexibility index (Phi) is 4.69. The number of nitro groups is 1. The Morgan fingerprint density at radius 1 is 1.48 bits per heavy atom. The van der Waals surface area contributed by atoms with Crippen molar-refractivity contribution < 1.29 is 14.1 Å². The summed E-state index contributed by atoms with van der Waals surface area (Å²) in [5, 5.41) is 13.8. The summed E-state index contributed by atoms with van der Waals surface area (Å²) >= 11 is 2.93. The summed E-state index contributed by atoms with van der Waals surface area (Å²) in [4.78, 5) is 14.4. The van der Waals surface area contributed by atoms with Crippen LogP contribution in [0.2, 0.25) is 0 Å². The molecule has 0 amide bonds. The van der Waals surface area contributed by atoms with Gasteiger partial charge < -0.3 is 10.1 Å². The molecule has 0 aliphatic carbocycles. The zero-order valence-corrected chi connectivity index (χ0v) is 12.6. The molecular formula is C13H11BrFN3O3. The average Bonchev–Trinajstić information content (AvgIpc) is 2.48. The monoisotopic (exact) mass is 355 g/mol. The molecule has 0 saturated carbocycles. The number of anilines is 1. The van der Waals surface area contributed by atoms with Crippen molar-refractivity contribution in [3.8, 4) is 5.88 Å². The van der Waals surface area contributed by atoms with Gasteiger partial charge in [0.05, 0.1) is 16.5 Å². The van der Waals surface area contributed by atoms with Gasteiger partial charge in [0.2, 0.25) is 5.88 Å². The molecule has 110 valence electrons. The first-order valence-electron chi connectivity index (χ1n) is 5.87. The van der Waals surface area contributed by atoms with Crippen molar-refractivity contribution in [3.63, 3.8) is 0 Å². The standard InChI is InChI=1S/C13H11BrFN3O3/c1-21-13-4-8(2-3-16-13)7-17-11-6-10(15)9(14)5-12(11)18(19)20/h2-6,17H,7H2,1H3. The van der Waals surface area contributed by atoms with Gasteiger partial charge in [0, 0.05) is 30.9 Å². The fourth-order valence-corrected chi connectivity index (χ4v) is 2.03. The third kappa shape index (κ3) is 3.66. The summed E-state index contributed by atoms with van der Waals surface area (Å²) in [5.41, 5.74) is 0.709. The Morgan fingerprint density at radius 2 is 2.24 bits per heavy atom. The van der Waals surface area contributed by atoms with Gasteiger partial charge in [0.15, 0.2) is 0 Å². The third-order valence-corrected chi connectivity index (χ3v) is 3.33. The van der Waals surface area contributed by atoms with Gasteiger partial charge in [0.25, 0.3) is 5.69 Å². The average molecular weight is 356 g/mol. The first-order chi connectivity index (χ1) is 10.0. The van der Waals surface area contributed by atoms with Crippen molar-refractivity contribution in [1.29, 1.82) is 0 Å². The lowest BCUT2D eigenvalue weighted by atomic mass is 10.2. The van der Waals surface area contributed by atoms with Crippen LogP contribution in [0.1, 0.15) is 5.56 Å². The van der Waals surface area contributed by atoms with Gasteiger partial charge in [0.1, 0.15) is 11.5 Å². The predicted molar refractivity (Wildman–Crippen MR) is 78.9 cm³/mol. The quantitative estimate of drug-likeness (QED) is 0.655. The van der Waals surface area contributed by atoms with Crippen LogP contribution in [-0.2, 0) is 6.54 Å². The molecule has 2 aromatic rings. The van der Waals surface area contributed by atoms with Crippen LogP contribution in [0.15, 0.2) is 34.9 Å². The molecule has 1 heterocycles. The number of nitrogens with zero attached hydrogens (tertiary/aromatic N) is 2. The van der Waals surface area contributed by atoms with Crippen molar-refractivity contribution in [2.75, 3.05) is 12.4 Å². The maximum absolute atomic E-state index is 13.5. The topological polar surface area (TPSA) is 77.3 Å². The summed E-state index contributed by atoms with van der Waals surface area (Å²) in [7, 11) is 1.49. The van der Waals surface area contributed by atoms with E-state index < -0.39 is 10.7 Å². The van der Waals surface area contributed by atoms with Crippen molar-refractivity contribution in [1.82, 2.24) is 4.98 Å². The van der Waals surface area contributed by atoms with Gasteiger partial charge in [-0.15, -0.1) is 0 Å². The van der Waals surface area contributed by atoms with E-state index in [-0.39, 0.29) is 22.4 Å². The molecule has 0 radical (unpaired) electrons. The van der Waals surface area contributed by atoms with Crippen LogP contribution in [0.3, 0.4) is 0 Å². The van der Waals surface area contributed by atoms with E-state index in [1.807, 2.05) is 0 Å². The maximum atomic E-state index is 13.5. The number of hydrogen-bond donors (Lipinski definition) is 1. The fourth-order valence-electron chi connectivity index (χ4n) is 1.70. The molecule has 0 spiro atoms. The molecule has 0 fully saturated rings. The molecule has 8 heteroatoms. The minimum absolute atomic E-state index is 0.0466. The van der Waals surface area contributed by atoms with E-state index >= 15 is 0 Å². The molecule has 0 unspecified atom stereocenters. The highest BCUT2D eigenvalue weighted by Crippen LogP contribution is 2.30. The van der Waals surface area contributed by atoms with Gasteiger partial charge in [-0.25, -0.2) is 9.37 Å². The molecule has 1 N–H and O–H groups in total. The van der Waals surface area contributed by atoms with Gasteiger partial charge in [-0.1, -0.05) is 0 Å². The van der Waals surface area contributed by atoms with Crippen molar-refractivity contribution in [2.24, 2.45) is 0 Å². The Balaban J connectivity index is 2.22. The molecular weight excluding hydrogens is 345 g/mol. The lowest BCUT2D eigenvalue weighted by Crippen LogP contribution is -2.04. The summed E-state index contributed by atoms with van der Waals surface area (Å²) in [5.74, 6) is -0.138. The lowest BCUT2D eigenvalue weighted by molar-refractivity contribution is -0.384. The summed E-state index contributed by atoms with van der Waals surface area (Å²) < 4.78 is 18.6. The van der Waals surface area contributed by atoms with Gasteiger partial charge >= 0.3 is 0 Å². The minimum Gasteiger partial charge on any atom is -0.481 e. The first kappa shape index (κ1) is 15.2. The summed E-state index contributed by atoms with van der Waals surface area (Å²) in [6.07, 6.45) is 1.56. The van der Waals surface area contributed by atoms with E-state index in [9.17, 15) is 14.5 Å².